The molecule has 0 heterocycles. The van der Waals surface area contributed by atoms with E-state index in [1.54, 1.807) is 0 Å². The standard InChI is InChI=1S/C38H40N2O8/c1-25(41)39-33(37(43)45-3)21-29-15-17-35(47-23-27-11-7-5-8-12-27)31(19-29)32-20-30(22-34(38(44)46-4)40-26(2)42)16-18-36(32)48-24-28-13-9-6-10-14-28/h5-20,33-34H,21-24H2,1-4H3,(H,39,41)(H,40,42)/t33-,34-/m0/s1. The molecule has 10 nitrogen and oxygen atoms in total. The van der Waals surface area contributed by atoms with E-state index in [2.05, 4.69) is 10.6 Å². The van der Waals surface area contributed by atoms with Crippen molar-refractivity contribution >= 4 is 23.8 Å². The minimum atomic E-state index is -0.907. The predicted octanol–water partition coefficient (Wildman–Crippen LogP) is 4.95. The van der Waals surface area contributed by atoms with Crippen LogP contribution in [0.2, 0.25) is 0 Å². The van der Waals surface area contributed by atoms with Gasteiger partial charge >= 0.3 is 11.9 Å². The van der Waals surface area contributed by atoms with Crippen molar-refractivity contribution in [1.29, 1.82) is 0 Å². The molecule has 0 aliphatic rings. The maximum Gasteiger partial charge on any atom is 0.328 e. The number of benzene rings is 4. The average Bonchev–Trinajstić information content (AvgIpc) is 3.09. The molecule has 4 aromatic carbocycles. The number of nitrogens with one attached hydrogen (secondary N) is 2. The summed E-state index contributed by atoms with van der Waals surface area (Å²) in [5.74, 6) is -0.780. The van der Waals surface area contributed by atoms with Crippen LogP contribution in [0.5, 0.6) is 11.5 Å². The van der Waals surface area contributed by atoms with Crippen molar-refractivity contribution in [1.82, 2.24) is 10.6 Å². The van der Waals surface area contributed by atoms with Crippen molar-refractivity contribution in [3.63, 3.8) is 0 Å². The lowest BCUT2D eigenvalue weighted by molar-refractivity contribution is -0.145. The van der Waals surface area contributed by atoms with Gasteiger partial charge in [0.1, 0.15) is 36.8 Å². The van der Waals surface area contributed by atoms with Crippen LogP contribution in [0.15, 0.2) is 97.1 Å². The number of rotatable bonds is 15. The highest BCUT2D eigenvalue weighted by Crippen LogP contribution is 2.39. The molecule has 2 amide bonds. The second kappa shape index (κ2) is 17.3. The minimum absolute atomic E-state index is 0.158. The molecule has 0 aliphatic heterocycles. The van der Waals surface area contributed by atoms with Gasteiger partial charge in [0.25, 0.3) is 0 Å². The Bertz CT molecular complexity index is 1580. The number of carbonyl (C=O) groups is 4. The summed E-state index contributed by atoms with van der Waals surface area (Å²) in [5, 5.41) is 5.33. The number of methoxy groups -OCH3 is 2. The summed E-state index contributed by atoms with van der Waals surface area (Å²) in [6, 6.07) is 28.7. The Kier molecular flexibility index (Phi) is 12.7. The zero-order valence-corrected chi connectivity index (χ0v) is 27.5. The Morgan fingerprint density at radius 2 is 0.917 bits per heavy atom. The Morgan fingerprint density at radius 1 is 0.542 bits per heavy atom. The molecule has 0 saturated heterocycles. The fourth-order valence-electron chi connectivity index (χ4n) is 5.18. The second-order valence-corrected chi connectivity index (χ2v) is 11.2. The Morgan fingerprint density at radius 3 is 1.25 bits per heavy atom. The first kappa shape index (κ1) is 35.2. The van der Waals surface area contributed by atoms with Gasteiger partial charge in [0.2, 0.25) is 11.8 Å². The number of carbonyl (C=O) groups excluding carboxylic acids is 4. The van der Waals surface area contributed by atoms with E-state index >= 15 is 0 Å². The largest absolute Gasteiger partial charge is 0.488 e. The smallest absolute Gasteiger partial charge is 0.328 e. The number of esters is 2. The molecular weight excluding hydrogens is 612 g/mol. The SMILES string of the molecule is COC(=O)[C@H](Cc1ccc(OCc2ccccc2)c(-c2cc(C[C@H](NC(C)=O)C(=O)OC)ccc2OCc2ccccc2)c1)NC(C)=O. The van der Waals surface area contributed by atoms with Crippen LogP contribution in [0.3, 0.4) is 0 Å². The van der Waals surface area contributed by atoms with Crippen LogP contribution in [0, 0.1) is 0 Å². The first-order valence-electron chi connectivity index (χ1n) is 15.5. The van der Waals surface area contributed by atoms with Crippen LogP contribution >= 0.6 is 0 Å². The molecule has 2 N–H and O–H groups in total. The number of hydrogen-bond donors (Lipinski definition) is 2. The van der Waals surface area contributed by atoms with Gasteiger partial charge in [-0.1, -0.05) is 72.8 Å². The average molecular weight is 653 g/mol. The Labute approximate surface area is 280 Å². The van der Waals surface area contributed by atoms with E-state index in [0.29, 0.717) is 22.6 Å². The fraction of sp³-hybridized carbons (Fsp3) is 0.263. The van der Waals surface area contributed by atoms with E-state index in [1.165, 1.54) is 28.1 Å². The summed E-state index contributed by atoms with van der Waals surface area (Å²) in [6.07, 6.45) is 0.316. The highest BCUT2D eigenvalue weighted by Gasteiger charge is 2.24. The highest BCUT2D eigenvalue weighted by molar-refractivity contribution is 5.85. The van der Waals surface area contributed by atoms with E-state index in [9.17, 15) is 19.2 Å². The summed E-state index contributed by atoms with van der Waals surface area (Å²) >= 11 is 0. The van der Waals surface area contributed by atoms with Gasteiger partial charge < -0.3 is 29.6 Å². The summed E-state index contributed by atoms with van der Waals surface area (Å²) < 4.78 is 22.6. The zero-order chi connectivity index (χ0) is 34.5. The topological polar surface area (TPSA) is 129 Å². The van der Waals surface area contributed by atoms with Crippen molar-refractivity contribution in [2.45, 2.75) is 52.0 Å². The summed E-state index contributed by atoms with van der Waals surface area (Å²) in [7, 11) is 2.54. The lowest BCUT2D eigenvalue weighted by atomic mass is 9.94. The van der Waals surface area contributed by atoms with Gasteiger partial charge in [0, 0.05) is 37.8 Å². The first-order chi connectivity index (χ1) is 23.2. The van der Waals surface area contributed by atoms with E-state index in [0.717, 1.165) is 22.3 Å². The maximum absolute atomic E-state index is 12.6. The lowest BCUT2D eigenvalue weighted by Crippen LogP contribution is -2.42. The van der Waals surface area contributed by atoms with Gasteiger partial charge in [0.15, 0.2) is 0 Å². The van der Waals surface area contributed by atoms with Gasteiger partial charge in [-0.2, -0.15) is 0 Å². The highest BCUT2D eigenvalue weighted by atomic mass is 16.5. The molecule has 0 spiro atoms. The lowest BCUT2D eigenvalue weighted by Gasteiger charge is -2.21. The fourth-order valence-corrected chi connectivity index (χ4v) is 5.18. The Hall–Kier alpha value is -5.64. The van der Waals surface area contributed by atoms with Crippen molar-refractivity contribution in [2.75, 3.05) is 14.2 Å². The van der Waals surface area contributed by atoms with Crippen LogP contribution in [0.25, 0.3) is 11.1 Å². The zero-order valence-electron chi connectivity index (χ0n) is 27.5. The molecule has 4 rings (SSSR count). The third-order valence-corrected chi connectivity index (χ3v) is 7.46. The third kappa shape index (κ3) is 10.2. The third-order valence-electron chi connectivity index (χ3n) is 7.46. The summed E-state index contributed by atoms with van der Waals surface area (Å²) in [4.78, 5) is 48.9. The first-order valence-corrected chi connectivity index (χ1v) is 15.5. The van der Waals surface area contributed by atoms with Crippen LogP contribution in [0.4, 0.5) is 0 Å². The molecule has 10 heteroatoms. The van der Waals surface area contributed by atoms with Crippen LogP contribution in [0.1, 0.15) is 36.1 Å². The van der Waals surface area contributed by atoms with Crippen LogP contribution in [-0.2, 0) is 54.7 Å². The number of ether oxygens (including phenoxy) is 4. The molecule has 0 saturated carbocycles. The molecule has 0 radical (unpaired) electrons. The summed E-state index contributed by atoms with van der Waals surface area (Å²) in [6.45, 7) is 3.26. The minimum Gasteiger partial charge on any atom is -0.488 e. The normalized spacial score (nSPS) is 11.8. The second-order valence-electron chi connectivity index (χ2n) is 11.2. The predicted molar refractivity (Wildman–Crippen MR) is 180 cm³/mol. The van der Waals surface area contributed by atoms with E-state index in [1.807, 2.05) is 97.1 Å². The molecular formula is C38H40N2O8. The van der Waals surface area contributed by atoms with Crippen molar-refractivity contribution in [2.24, 2.45) is 0 Å². The molecule has 0 unspecified atom stereocenters. The molecule has 0 aliphatic carbocycles. The van der Waals surface area contributed by atoms with Crippen molar-refractivity contribution in [3.8, 4) is 22.6 Å². The van der Waals surface area contributed by atoms with Gasteiger partial charge in [-0.05, 0) is 46.5 Å². The number of hydrogen-bond acceptors (Lipinski definition) is 8. The Balaban J connectivity index is 1.82. The van der Waals surface area contributed by atoms with Crippen LogP contribution < -0.4 is 20.1 Å². The molecule has 4 aromatic rings. The number of amides is 2. The van der Waals surface area contributed by atoms with E-state index < -0.39 is 24.0 Å². The van der Waals surface area contributed by atoms with Gasteiger partial charge in [-0.25, -0.2) is 9.59 Å². The quantitative estimate of drug-likeness (QED) is 0.173. The van der Waals surface area contributed by atoms with Gasteiger partial charge in [-0.15, -0.1) is 0 Å². The molecule has 48 heavy (non-hydrogen) atoms. The van der Waals surface area contributed by atoms with E-state index in [4.69, 9.17) is 18.9 Å². The van der Waals surface area contributed by atoms with Crippen molar-refractivity contribution in [3.05, 3.63) is 119 Å². The molecule has 0 aromatic heterocycles. The maximum atomic E-state index is 12.6. The van der Waals surface area contributed by atoms with Crippen LogP contribution in [-0.4, -0.2) is 50.1 Å². The van der Waals surface area contributed by atoms with Gasteiger partial charge in [-0.3, -0.25) is 9.59 Å². The molecule has 2 atom stereocenters. The van der Waals surface area contributed by atoms with Gasteiger partial charge in [0.05, 0.1) is 14.2 Å². The monoisotopic (exact) mass is 652 g/mol. The molecule has 250 valence electrons. The summed E-state index contributed by atoms with van der Waals surface area (Å²) in [5.41, 5.74) is 4.71. The molecule has 0 fully saturated rings. The van der Waals surface area contributed by atoms with E-state index in [-0.39, 0.29) is 37.9 Å². The molecule has 0 bridgehead atoms. The van der Waals surface area contributed by atoms with Crippen molar-refractivity contribution < 1.29 is 38.1 Å².